The molecule has 0 radical (unpaired) electrons. The number of aromatic amines is 1. The van der Waals surface area contributed by atoms with Crippen LogP contribution in [-0.4, -0.2) is 54.5 Å². The fourth-order valence-electron chi connectivity index (χ4n) is 4.36. The van der Waals surface area contributed by atoms with E-state index in [1.807, 2.05) is 54.6 Å². The molecule has 0 aliphatic carbocycles. The summed E-state index contributed by atoms with van der Waals surface area (Å²) in [4.78, 5) is 5.18. The third-order valence-corrected chi connectivity index (χ3v) is 6.06. The molecule has 37 heavy (non-hydrogen) atoms. The van der Waals surface area contributed by atoms with Gasteiger partial charge in [0.15, 0.2) is 11.5 Å². The number of nitrogens with one attached hydrogen (secondary N) is 1. The van der Waals surface area contributed by atoms with Gasteiger partial charge in [-0.2, -0.15) is 0 Å². The van der Waals surface area contributed by atoms with E-state index in [-0.39, 0.29) is 44.0 Å². The Balaban J connectivity index is 1.33. The number of methoxy groups -OCH3 is 1. The zero-order valence-electron chi connectivity index (χ0n) is 25.6. The number of H-pyrrole nitrogens is 1. The summed E-state index contributed by atoms with van der Waals surface area (Å²) in [5, 5.41) is 13.0. The molecule has 6 heteroatoms. The molecule has 1 unspecified atom stereocenters. The monoisotopic (exact) mass is 501 g/mol. The van der Waals surface area contributed by atoms with Crippen LogP contribution in [0.15, 0.2) is 96.9 Å². The van der Waals surface area contributed by atoms with Crippen molar-refractivity contribution in [1.29, 1.82) is 0 Å². The Bertz CT molecular complexity index is 1680. The maximum Gasteiger partial charge on any atom is 0.161 e. The average Bonchev–Trinajstić information content (AvgIpc) is 3.39. The number of nitrogens with zero attached hydrogens (tertiary/aromatic N) is 1. The number of ether oxygens (including phenoxy) is 3. The Morgan fingerprint density at radius 1 is 0.865 bits per heavy atom. The number of aromatic nitrogens is 1. The van der Waals surface area contributed by atoms with Crippen LogP contribution in [0.5, 0.6) is 17.2 Å². The molecule has 0 aliphatic heterocycles. The molecular formula is C31H32N2O4. The van der Waals surface area contributed by atoms with Crippen LogP contribution in [-0.2, 0) is 6.54 Å². The van der Waals surface area contributed by atoms with Crippen molar-refractivity contribution in [1.82, 2.24) is 9.88 Å². The van der Waals surface area contributed by atoms with Gasteiger partial charge in [-0.25, -0.2) is 0 Å². The number of hydrogen-bond acceptors (Lipinski definition) is 5. The van der Waals surface area contributed by atoms with Gasteiger partial charge in [-0.05, 0) is 35.9 Å². The lowest BCUT2D eigenvalue weighted by Gasteiger charge is -2.25. The van der Waals surface area contributed by atoms with Gasteiger partial charge in [-0.15, -0.1) is 0 Å². The molecule has 0 bridgehead atoms. The van der Waals surface area contributed by atoms with Gasteiger partial charge in [0, 0.05) is 35.9 Å². The van der Waals surface area contributed by atoms with E-state index in [4.69, 9.17) is 21.1 Å². The fourth-order valence-corrected chi connectivity index (χ4v) is 4.36. The zero-order chi connectivity index (χ0) is 29.8. The molecule has 5 aromatic rings. The molecule has 6 nitrogen and oxygen atoms in total. The number of para-hydroxylation sites is 3. The Morgan fingerprint density at radius 3 is 2.43 bits per heavy atom. The van der Waals surface area contributed by atoms with Gasteiger partial charge in [-0.3, -0.25) is 4.90 Å². The Labute approximate surface area is 224 Å². The second-order valence-corrected chi connectivity index (χ2v) is 8.65. The highest BCUT2D eigenvalue weighted by atomic mass is 16.5. The number of fused-ring (bicyclic) bond motifs is 3. The van der Waals surface area contributed by atoms with E-state index in [0.717, 1.165) is 21.8 Å². The number of hydrogen-bond donors (Lipinski definition) is 2. The highest BCUT2D eigenvalue weighted by Crippen LogP contribution is 2.33. The molecule has 0 aliphatic rings. The van der Waals surface area contributed by atoms with Gasteiger partial charge < -0.3 is 24.3 Å². The van der Waals surface area contributed by atoms with Gasteiger partial charge in [-0.1, -0.05) is 66.6 Å². The molecule has 0 saturated carbocycles. The summed E-state index contributed by atoms with van der Waals surface area (Å²) in [5.74, 6) is 1.77. The number of aliphatic hydroxyl groups excluding tert-OH is 1. The minimum absolute atomic E-state index is 0.0109. The first-order chi connectivity index (χ1) is 20.3. The maximum atomic E-state index is 11.1. The van der Waals surface area contributed by atoms with Crippen LogP contribution in [0.2, 0.25) is 0 Å². The van der Waals surface area contributed by atoms with Crippen molar-refractivity contribution in [3.05, 3.63) is 103 Å². The molecule has 0 saturated heterocycles. The largest absolute Gasteiger partial charge is 0.493 e. The van der Waals surface area contributed by atoms with E-state index in [9.17, 15) is 5.11 Å². The summed E-state index contributed by atoms with van der Waals surface area (Å²) in [6.45, 7) is 0.626. The first kappa shape index (κ1) is 19.2. The smallest absolute Gasteiger partial charge is 0.161 e. The zero-order valence-corrected chi connectivity index (χ0v) is 20.6. The highest BCUT2D eigenvalue weighted by Gasteiger charge is 2.16. The van der Waals surface area contributed by atoms with Crippen LogP contribution >= 0.6 is 0 Å². The Morgan fingerprint density at radius 2 is 1.59 bits per heavy atom. The van der Waals surface area contributed by atoms with Gasteiger partial charge in [0.1, 0.15) is 25.1 Å². The average molecular weight is 502 g/mol. The maximum absolute atomic E-state index is 11.1. The van der Waals surface area contributed by atoms with E-state index < -0.39 is 24.2 Å². The highest BCUT2D eigenvalue weighted by molar-refractivity contribution is 6.10. The Kier molecular flexibility index (Phi) is 6.12. The predicted octanol–water partition coefficient (Wildman–Crippen LogP) is 5.65. The van der Waals surface area contributed by atoms with Crippen LogP contribution in [0.4, 0.5) is 0 Å². The van der Waals surface area contributed by atoms with Crippen molar-refractivity contribution < 1.29 is 26.2 Å². The van der Waals surface area contributed by atoms with Crippen molar-refractivity contribution in [2.75, 3.05) is 33.4 Å². The van der Waals surface area contributed by atoms with E-state index in [2.05, 4.69) is 4.98 Å². The van der Waals surface area contributed by atoms with E-state index in [1.54, 1.807) is 24.1 Å². The van der Waals surface area contributed by atoms with E-state index in [1.165, 1.54) is 0 Å². The third kappa shape index (κ3) is 6.05. The molecule has 0 spiro atoms. The van der Waals surface area contributed by atoms with Gasteiger partial charge in [0.2, 0.25) is 0 Å². The lowest BCUT2D eigenvalue weighted by molar-refractivity contribution is 0.0608. The van der Waals surface area contributed by atoms with Crippen LogP contribution in [0.1, 0.15) is 12.4 Å². The quantitative estimate of drug-likeness (QED) is 0.231. The molecular weight excluding hydrogens is 464 g/mol. The Hall–Kier alpha value is -4.00. The first-order valence-electron chi connectivity index (χ1n) is 14.6. The first-order valence-corrected chi connectivity index (χ1v) is 12.1. The second-order valence-electron chi connectivity index (χ2n) is 8.65. The van der Waals surface area contributed by atoms with Crippen molar-refractivity contribution in [2.24, 2.45) is 0 Å². The minimum atomic E-state index is -0.943. The van der Waals surface area contributed by atoms with E-state index in [0.29, 0.717) is 23.8 Å². The molecule has 1 heterocycles. The van der Waals surface area contributed by atoms with Gasteiger partial charge in [0.25, 0.3) is 0 Å². The molecule has 5 rings (SSSR count). The molecule has 1 aromatic heterocycles. The third-order valence-electron chi connectivity index (χ3n) is 6.06. The SMILES string of the molecule is [2H]c1c([2H])c([2H])c(CN(CCOc2ccccc2OC)CC(O)COc2cccc3[nH]c4ccccc4c23)c([2H])c1[2H]. The van der Waals surface area contributed by atoms with Crippen molar-refractivity contribution in [2.45, 2.75) is 12.6 Å². The summed E-state index contributed by atoms with van der Waals surface area (Å²) < 4.78 is 58.1. The van der Waals surface area contributed by atoms with Crippen LogP contribution in [0.3, 0.4) is 0 Å². The van der Waals surface area contributed by atoms with Gasteiger partial charge >= 0.3 is 0 Å². The minimum Gasteiger partial charge on any atom is -0.493 e. The number of rotatable bonds is 12. The van der Waals surface area contributed by atoms with Gasteiger partial charge in [0.05, 0.1) is 19.5 Å². The lowest BCUT2D eigenvalue weighted by atomic mass is 10.1. The molecule has 2 N–H and O–H groups in total. The number of benzene rings is 4. The fraction of sp³-hybridized carbons (Fsp3) is 0.226. The van der Waals surface area contributed by atoms with Crippen molar-refractivity contribution in [3.8, 4) is 17.2 Å². The summed E-state index contributed by atoms with van der Waals surface area (Å²) >= 11 is 0. The summed E-state index contributed by atoms with van der Waals surface area (Å²) in [5.41, 5.74) is 2.07. The van der Waals surface area contributed by atoms with Crippen LogP contribution in [0.25, 0.3) is 21.8 Å². The van der Waals surface area contributed by atoms with Crippen LogP contribution in [0, 0.1) is 0 Å². The van der Waals surface area contributed by atoms with Crippen molar-refractivity contribution in [3.63, 3.8) is 0 Å². The van der Waals surface area contributed by atoms with E-state index >= 15 is 0 Å². The second kappa shape index (κ2) is 11.8. The topological polar surface area (TPSA) is 67.0 Å². The van der Waals surface area contributed by atoms with Crippen LogP contribution < -0.4 is 14.2 Å². The standard InChI is InChI=1S/C31H32N2O4/c1-35-28-15-7-8-16-29(28)36-19-18-33(20-23-10-3-2-4-11-23)21-24(34)22-37-30-17-9-14-27-31(30)25-12-5-6-13-26(25)32-27/h2-17,24,32,34H,18-22H2,1H3/i2D,3D,4D,10D,11D. The summed E-state index contributed by atoms with van der Waals surface area (Å²) in [7, 11) is 1.56. The summed E-state index contributed by atoms with van der Waals surface area (Å²) in [6, 6.07) is 19.1. The number of aliphatic hydroxyl groups is 1. The molecule has 0 fully saturated rings. The lowest BCUT2D eigenvalue weighted by Crippen LogP contribution is -2.37. The predicted molar refractivity (Wildman–Crippen MR) is 148 cm³/mol. The molecule has 190 valence electrons. The summed E-state index contributed by atoms with van der Waals surface area (Å²) in [6.07, 6.45) is -0.943. The molecule has 1 atom stereocenters. The molecule has 0 amide bonds. The van der Waals surface area contributed by atoms with Crippen molar-refractivity contribution >= 4 is 21.8 Å². The normalized spacial score (nSPS) is 14.1. The molecule has 4 aromatic carbocycles.